The summed E-state index contributed by atoms with van der Waals surface area (Å²) in [5.41, 5.74) is 0.598. The van der Waals surface area contributed by atoms with Crippen molar-refractivity contribution in [1.29, 1.82) is 0 Å². The van der Waals surface area contributed by atoms with Crippen LogP contribution in [0.15, 0.2) is 54.6 Å². The van der Waals surface area contributed by atoms with Gasteiger partial charge in [0.1, 0.15) is 43.7 Å². The number of anilines is 1. The van der Waals surface area contributed by atoms with Gasteiger partial charge >= 0.3 is 0 Å². The first-order valence-electron chi connectivity index (χ1n) is 9.51. The predicted octanol–water partition coefficient (Wildman–Crippen LogP) is -1.66. The van der Waals surface area contributed by atoms with Gasteiger partial charge in [-0.3, -0.25) is 4.79 Å². The molecule has 2 aromatic carbocycles. The average Bonchev–Trinajstić information content (AvgIpc) is 2.69. The van der Waals surface area contributed by atoms with Gasteiger partial charge in [0, 0.05) is 5.69 Å². The van der Waals surface area contributed by atoms with E-state index in [9.17, 15) is 14.7 Å². The summed E-state index contributed by atoms with van der Waals surface area (Å²) in [5.74, 6) is -0.115. The number of carboxylic acids is 1. The number of para-hydroxylation sites is 1. The van der Waals surface area contributed by atoms with Crippen molar-refractivity contribution >= 4 is 17.6 Å². The van der Waals surface area contributed by atoms with Crippen LogP contribution in [0.25, 0.3) is 0 Å². The predicted molar refractivity (Wildman–Crippen MR) is 102 cm³/mol. The Labute approximate surface area is 164 Å². The molecule has 7 nitrogen and oxygen atoms in total. The molecule has 3 rings (SSSR count). The Balaban J connectivity index is 1.55. The minimum atomic E-state index is -1.17. The minimum absolute atomic E-state index is 0.0982. The second kappa shape index (κ2) is 9.34. The van der Waals surface area contributed by atoms with Gasteiger partial charge in [0.05, 0.1) is 19.4 Å². The highest BCUT2D eigenvalue weighted by Crippen LogP contribution is 2.22. The first kappa shape index (κ1) is 19.9. The Morgan fingerprint density at radius 2 is 1.61 bits per heavy atom. The molecule has 0 saturated carbocycles. The standard InChI is InChI=1S/C21H25N3O4/c1-23-11-13-24(14-12-23)19(21(26)27)15-20(25)22-16-7-9-18(10-8-16)28-17-5-3-2-4-6-17/h2-10,19H,11-15H2,1H3,(H,22,25)(H,26,27)/p+1/t19-/m1/s1. The van der Waals surface area contributed by atoms with Gasteiger partial charge in [-0.2, -0.15) is 0 Å². The molecule has 1 atom stereocenters. The Bertz CT molecular complexity index is 787. The van der Waals surface area contributed by atoms with Crippen LogP contribution >= 0.6 is 0 Å². The van der Waals surface area contributed by atoms with Crippen LogP contribution in [0, 0.1) is 0 Å². The van der Waals surface area contributed by atoms with E-state index in [0.717, 1.165) is 36.8 Å². The highest BCUT2D eigenvalue weighted by Gasteiger charge is 2.30. The van der Waals surface area contributed by atoms with Gasteiger partial charge in [-0.15, -0.1) is 0 Å². The number of hydrogen-bond acceptors (Lipinski definition) is 4. The third-order valence-electron chi connectivity index (χ3n) is 5.03. The fourth-order valence-electron chi connectivity index (χ4n) is 3.37. The summed E-state index contributed by atoms with van der Waals surface area (Å²) in [5, 5.41) is 14.3. The zero-order valence-electron chi connectivity index (χ0n) is 15.9. The second-order valence-corrected chi connectivity index (χ2v) is 7.18. The van der Waals surface area contributed by atoms with E-state index in [0.29, 0.717) is 11.4 Å². The number of hydrogen-bond donors (Lipinski definition) is 3. The van der Waals surface area contributed by atoms with Crippen molar-refractivity contribution in [2.45, 2.75) is 12.5 Å². The molecule has 0 unspecified atom stereocenters. The first-order chi connectivity index (χ1) is 13.5. The largest absolute Gasteiger partial charge is 0.544 e. The number of nitrogens with one attached hydrogen (secondary N) is 3. The lowest BCUT2D eigenvalue weighted by atomic mass is 10.1. The molecule has 1 amide bonds. The van der Waals surface area contributed by atoms with Crippen LogP contribution in [0.1, 0.15) is 6.42 Å². The summed E-state index contributed by atoms with van der Waals surface area (Å²) in [4.78, 5) is 26.2. The van der Waals surface area contributed by atoms with Gasteiger partial charge in [-0.25, -0.2) is 0 Å². The van der Waals surface area contributed by atoms with Gasteiger partial charge in [0.15, 0.2) is 0 Å². The van der Waals surface area contributed by atoms with Gasteiger partial charge in [0.2, 0.25) is 5.91 Å². The lowest BCUT2D eigenvalue weighted by Gasteiger charge is -2.33. The molecule has 28 heavy (non-hydrogen) atoms. The third-order valence-corrected chi connectivity index (χ3v) is 5.03. The zero-order chi connectivity index (χ0) is 19.9. The monoisotopic (exact) mass is 384 g/mol. The summed E-state index contributed by atoms with van der Waals surface area (Å²) in [6.07, 6.45) is -0.0982. The van der Waals surface area contributed by atoms with Crippen LogP contribution in [-0.4, -0.2) is 51.1 Å². The minimum Gasteiger partial charge on any atom is -0.544 e. The summed E-state index contributed by atoms with van der Waals surface area (Å²) in [6.45, 7) is 3.24. The van der Waals surface area contributed by atoms with E-state index in [2.05, 4.69) is 12.4 Å². The number of benzene rings is 2. The van der Waals surface area contributed by atoms with E-state index in [1.165, 1.54) is 4.90 Å². The number of likely N-dealkylation sites (N-methyl/N-ethyl adjacent to an activating group) is 1. The van der Waals surface area contributed by atoms with Crippen molar-refractivity contribution in [2.24, 2.45) is 0 Å². The number of aliphatic carboxylic acids is 1. The van der Waals surface area contributed by atoms with E-state index in [1.54, 1.807) is 24.3 Å². The molecule has 1 saturated heterocycles. The number of quaternary nitrogens is 2. The number of ether oxygens (including phenoxy) is 1. The Morgan fingerprint density at radius 1 is 1.00 bits per heavy atom. The summed E-state index contributed by atoms with van der Waals surface area (Å²) < 4.78 is 5.72. The molecule has 0 spiro atoms. The fourth-order valence-corrected chi connectivity index (χ4v) is 3.37. The number of carboxylic acid groups (broad SMARTS) is 1. The van der Waals surface area contributed by atoms with Crippen LogP contribution < -0.4 is 25.0 Å². The lowest BCUT2D eigenvalue weighted by Crippen LogP contribution is -3.29. The molecule has 0 bridgehead atoms. The zero-order valence-corrected chi connectivity index (χ0v) is 15.9. The Morgan fingerprint density at radius 3 is 2.21 bits per heavy atom. The van der Waals surface area contributed by atoms with Gasteiger partial charge in [-0.1, -0.05) is 18.2 Å². The summed E-state index contributed by atoms with van der Waals surface area (Å²) in [7, 11) is 2.09. The lowest BCUT2D eigenvalue weighted by molar-refractivity contribution is -1.01. The summed E-state index contributed by atoms with van der Waals surface area (Å²) in [6, 6.07) is 15.6. The maximum absolute atomic E-state index is 12.4. The van der Waals surface area contributed by atoms with Crippen LogP contribution in [-0.2, 0) is 9.59 Å². The number of carbonyl (C=O) groups is 2. The molecular formula is C21H26N3O4+. The van der Waals surface area contributed by atoms with Crippen molar-refractivity contribution in [2.75, 3.05) is 38.5 Å². The number of carbonyl (C=O) groups excluding carboxylic acids is 2. The quantitative estimate of drug-likeness (QED) is 0.533. The molecule has 3 N–H and O–H groups in total. The molecule has 0 aromatic heterocycles. The van der Waals surface area contributed by atoms with Crippen molar-refractivity contribution in [3.8, 4) is 11.5 Å². The molecule has 0 radical (unpaired) electrons. The van der Waals surface area contributed by atoms with Crippen molar-refractivity contribution < 1.29 is 29.2 Å². The van der Waals surface area contributed by atoms with Crippen molar-refractivity contribution in [3.05, 3.63) is 54.6 Å². The maximum atomic E-state index is 12.4. The van der Waals surface area contributed by atoms with Crippen molar-refractivity contribution in [3.63, 3.8) is 0 Å². The van der Waals surface area contributed by atoms with Crippen LogP contribution in [0.4, 0.5) is 5.69 Å². The topological polar surface area (TPSA) is 87.3 Å². The van der Waals surface area contributed by atoms with E-state index in [1.807, 2.05) is 30.3 Å². The van der Waals surface area contributed by atoms with Gasteiger partial charge < -0.3 is 29.8 Å². The molecular weight excluding hydrogens is 358 g/mol. The number of piperazine rings is 1. The molecule has 1 aliphatic rings. The van der Waals surface area contributed by atoms with Crippen LogP contribution in [0.3, 0.4) is 0 Å². The third kappa shape index (κ3) is 5.55. The molecule has 2 aromatic rings. The van der Waals surface area contributed by atoms with E-state index in [-0.39, 0.29) is 12.3 Å². The number of rotatable bonds is 7. The highest BCUT2D eigenvalue weighted by molar-refractivity contribution is 5.93. The normalized spacial score (nSPS) is 20.2. The molecule has 1 aliphatic heterocycles. The molecule has 1 heterocycles. The Hall–Kier alpha value is -2.90. The van der Waals surface area contributed by atoms with E-state index >= 15 is 0 Å². The SMILES string of the molecule is C[NH+]1CC[NH+]([C@H](CC(=O)Nc2ccc(Oc3ccccc3)cc2)C(=O)[O-])CC1. The van der Waals surface area contributed by atoms with E-state index in [4.69, 9.17) is 4.74 Å². The van der Waals surface area contributed by atoms with Crippen LogP contribution in [0.2, 0.25) is 0 Å². The first-order valence-corrected chi connectivity index (χ1v) is 9.51. The van der Waals surface area contributed by atoms with Gasteiger partial charge in [-0.05, 0) is 36.4 Å². The molecule has 0 aliphatic carbocycles. The van der Waals surface area contributed by atoms with Gasteiger partial charge in [0.25, 0.3) is 0 Å². The fraction of sp³-hybridized carbons (Fsp3) is 0.333. The average molecular weight is 384 g/mol. The second-order valence-electron chi connectivity index (χ2n) is 7.18. The Kier molecular flexibility index (Phi) is 6.62. The number of amides is 1. The smallest absolute Gasteiger partial charge is 0.230 e. The van der Waals surface area contributed by atoms with E-state index < -0.39 is 12.0 Å². The molecule has 7 heteroatoms. The highest BCUT2D eigenvalue weighted by atomic mass is 16.5. The molecule has 1 fully saturated rings. The van der Waals surface area contributed by atoms with Crippen molar-refractivity contribution in [1.82, 2.24) is 0 Å². The molecule has 148 valence electrons. The van der Waals surface area contributed by atoms with Crippen LogP contribution in [0.5, 0.6) is 11.5 Å². The maximum Gasteiger partial charge on any atom is 0.230 e. The summed E-state index contributed by atoms with van der Waals surface area (Å²) >= 11 is 0.